The monoisotopic (exact) mass is 150 g/mol. The van der Waals surface area contributed by atoms with Crippen LogP contribution >= 0.6 is 0 Å². The first kappa shape index (κ1) is 33.5. The van der Waals surface area contributed by atoms with Crippen molar-refractivity contribution in [1.29, 1.82) is 0 Å². The van der Waals surface area contributed by atoms with Crippen molar-refractivity contribution < 1.29 is 95.0 Å². The Kier molecular flexibility index (Phi) is 157. The van der Waals surface area contributed by atoms with Gasteiger partial charge in [-0.2, -0.15) is 0 Å². The van der Waals surface area contributed by atoms with Gasteiger partial charge in [0, 0.05) is 0 Å². The summed E-state index contributed by atoms with van der Waals surface area (Å²) in [5.74, 6) is 0. The molecule has 0 amide bonds. The van der Waals surface area contributed by atoms with Crippen molar-refractivity contribution in [3.63, 3.8) is 0 Å². The molecule has 1 nitrogen and oxygen atoms in total. The zero-order valence-electron chi connectivity index (χ0n) is 9.91. The molecular weight excluding hydrogens is 142 g/mol. The molecule has 2 N–H and O–H groups in total. The largest absolute Gasteiger partial charge is 2.00 e. The van der Waals surface area contributed by atoms with Crippen LogP contribution in [-0.4, -0.2) is 66.3 Å². The summed E-state index contributed by atoms with van der Waals surface area (Å²) in [6.45, 7) is 0. The Bertz CT molecular complexity index is 22.5. The molecule has 0 rings (SSSR count). The van der Waals surface area contributed by atoms with Crippen LogP contribution < -0.4 is 80.9 Å². The summed E-state index contributed by atoms with van der Waals surface area (Å²) in [7, 11) is 0. The maximum absolute atomic E-state index is 0. The number of hydrogen-bond acceptors (Lipinski definition) is 0. The Balaban J connectivity index is 0. The molecule has 0 fully saturated rings. The van der Waals surface area contributed by atoms with Crippen LogP contribution in [0.5, 0.6) is 0 Å². The van der Waals surface area contributed by atoms with Crippen molar-refractivity contribution in [2.75, 3.05) is 0 Å². The Morgan fingerprint density at radius 3 is 1.20 bits per heavy atom. The van der Waals surface area contributed by atoms with Crippen LogP contribution in [-0.2, 0) is 0 Å². The van der Waals surface area contributed by atoms with Gasteiger partial charge in [-0.1, -0.05) is 0 Å². The van der Waals surface area contributed by atoms with Gasteiger partial charge in [-0.3, -0.25) is 0 Å². The molecule has 0 unspecified atom stereocenters. The Morgan fingerprint density at radius 1 is 1.20 bits per heavy atom. The average Bonchev–Trinajstić information content (AvgIpc) is 0. The second-order valence-electron chi connectivity index (χ2n) is 0. The van der Waals surface area contributed by atoms with E-state index in [2.05, 4.69) is 0 Å². The third kappa shape index (κ3) is 17.7. The number of hydrogen-bond donors (Lipinski definition) is 0. The summed E-state index contributed by atoms with van der Waals surface area (Å²) in [4.78, 5) is 0. The fourth-order valence-electron chi connectivity index (χ4n) is 0. The van der Waals surface area contributed by atoms with Crippen LogP contribution in [0, 0.1) is 0 Å². The normalized spacial score (nSPS) is 0. The molecule has 0 aliphatic rings. The molecule has 0 spiro atoms. The summed E-state index contributed by atoms with van der Waals surface area (Å²) >= 11 is 0. The van der Waals surface area contributed by atoms with Gasteiger partial charge < -0.3 is 14.0 Å². The zero-order valence-corrected chi connectivity index (χ0v) is 12.7. The van der Waals surface area contributed by atoms with Crippen molar-refractivity contribution in [3.8, 4) is 0 Å². The van der Waals surface area contributed by atoms with Gasteiger partial charge in [-0.25, -0.2) is 0 Å². The molecule has 0 aliphatic heterocycles. The zero-order chi connectivity index (χ0) is 0. The fraction of sp³-hybridized carbons (Fsp3) is 0. The molecule has 0 aromatic heterocycles. The van der Waals surface area contributed by atoms with Crippen LogP contribution in [0.1, 0.15) is 8.56 Å². The van der Waals surface area contributed by atoms with Crippen molar-refractivity contribution in [2.45, 2.75) is 0 Å². The van der Waals surface area contributed by atoms with E-state index in [0.717, 1.165) is 0 Å². The van der Waals surface area contributed by atoms with E-state index in [1.165, 1.54) is 0 Å². The molecule has 20 valence electrons. The van der Waals surface area contributed by atoms with Crippen molar-refractivity contribution in [1.82, 2.24) is 0 Å². The van der Waals surface area contributed by atoms with Gasteiger partial charge in [0.15, 0.2) is 0 Å². The molecule has 0 aromatic rings. The van der Waals surface area contributed by atoms with E-state index in [4.69, 9.17) is 0 Å². The minimum atomic E-state index is 0. The quantitative estimate of drug-likeness (QED) is 0.308. The van der Waals surface area contributed by atoms with Crippen LogP contribution in [0.3, 0.4) is 0 Å². The topological polar surface area (TPSA) is 31.5 Å². The molecule has 0 aromatic carbocycles. The third-order valence-corrected chi connectivity index (χ3v) is 0. The standard InChI is InChI=1S/Ca.K.Mg.Na.H2O.6H/h;;;;1H2;;;;;;/q+2;+1;+2;+1;;6*-1. The van der Waals surface area contributed by atoms with E-state index in [1.54, 1.807) is 0 Å². The molecule has 0 saturated heterocycles. The molecule has 5 heavy (non-hydrogen) atoms. The predicted octanol–water partition coefficient (Wildman–Crippen LogP) is -6.90. The Labute approximate surface area is 151 Å². The van der Waals surface area contributed by atoms with Crippen molar-refractivity contribution in [2.24, 2.45) is 0 Å². The van der Waals surface area contributed by atoms with E-state index < -0.39 is 0 Å². The van der Waals surface area contributed by atoms with E-state index in [1.807, 2.05) is 0 Å². The van der Waals surface area contributed by atoms with E-state index in [-0.39, 0.29) is 156 Å². The predicted molar refractivity (Wildman–Crippen MR) is 21.8 cm³/mol. The van der Waals surface area contributed by atoms with Crippen LogP contribution in [0.2, 0.25) is 0 Å². The summed E-state index contributed by atoms with van der Waals surface area (Å²) in [6, 6.07) is 0. The van der Waals surface area contributed by atoms with Gasteiger partial charge >= 0.3 is 142 Å². The first-order valence-corrected chi connectivity index (χ1v) is 0. The Morgan fingerprint density at radius 2 is 1.20 bits per heavy atom. The molecule has 5 heteroatoms. The second-order valence-corrected chi connectivity index (χ2v) is 0. The molecule has 0 bridgehead atoms. The first-order valence-electron chi connectivity index (χ1n) is 0. The van der Waals surface area contributed by atoms with Gasteiger partial charge in [-0.05, 0) is 0 Å². The fourth-order valence-corrected chi connectivity index (χ4v) is 0. The molecule has 0 saturated carbocycles. The Hall–Kier alpha value is 4.62. The van der Waals surface area contributed by atoms with Gasteiger partial charge in [0.1, 0.15) is 0 Å². The van der Waals surface area contributed by atoms with Gasteiger partial charge in [0.2, 0.25) is 0 Å². The van der Waals surface area contributed by atoms with Crippen LogP contribution in [0.25, 0.3) is 0 Å². The molecule has 0 aliphatic carbocycles. The minimum absolute atomic E-state index is 0. The van der Waals surface area contributed by atoms with E-state index in [0.29, 0.717) is 0 Å². The van der Waals surface area contributed by atoms with Crippen LogP contribution in [0.4, 0.5) is 0 Å². The molecule has 0 heterocycles. The summed E-state index contributed by atoms with van der Waals surface area (Å²) in [6.07, 6.45) is 0. The summed E-state index contributed by atoms with van der Waals surface area (Å²) in [5.41, 5.74) is 0. The average molecular weight is 151 g/mol. The van der Waals surface area contributed by atoms with Gasteiger partial charge in [-0.15, -0.1) is 0 Å². The molecular formula is H8CaKMgNaO. The van der Waals surface area contributed by atoms with Crippen molar-refractivity contribution in [3.05, 3.63) is 0 Å². The smallest absolute Gasteiger partial charge is 1.00 e. The maximum atomic E-state index is 0. The summed E-state index contributed by atoms with van der Waals surface area (Å²) < 4.78 is 0. The van der Waals surface area contributed by atoms with Gasteiger partial charge in [0.05, 0.1) is 0 Å². The molecule has 0 atom stereocenters. The second kappa shape index (κ2) is 23.4. The van der Waals surface area contributed by atoms with Crippen molar-refractivity contribution >= 4 is 60.8 Å². The number of rotatable bonds is 0. The van der Waals surface area contributed by atoms with Gasteiger partial charge in [0.25, 0.3) is 0 Å². The summed E-state index contributed by atoms with van der Waals surface area (Å²) in [5, 5.41) is 0. The van der Waals surface area contributed by atoms with Crippen LogP contribution in [0.15, 0.2) is 0 Å². The third-order valence-electron chi connectivity index (χ3n) is 0. The molecule has 0 radical (unpaired) electrons. The first-order chi connectivity index (χ1) is 0. The minimum Gasteiger partial charge on any atom is -1.00 e. The van der Waals surface area contributed by atoms with E-state index in [9.17, 15) is 0 Å². The SMILES string of the molecule is O.[Ca+2].[H-].[H-].[H-].[H-].[H-].[H-].[K+].[Mg+2].[Na+]. The maximum Gasteiger partial charge on any atom is 2.00 e. The van der Waals surface area contributed by atoms with E-state index >= 15 is 0 Å².